The molecule has 0 aliphatic carbocycles. The summed E-state index contributed by atoms with van der Waals surface area (Å²) in [7, 11) is 0. The normalized spacial score (nSPS) is 28.2. The Hall–Kier alpha value is -0.0800. The lowest BCUT2D eigenvalue weighted by Gasteiger charge is -2.48. The van der Waals surface area contributed by atoms with Crippen LogP contribution in [0.5, 0.6) is 0 Å². The molecule has 0 spiro atoms. The van der Waals surface area contributed by atoms with Gasteiger partial charge < -0.3 is 5.32 Å². The molecule has 1 fully saturated rings. The molecule has 1 saturated heterocycles. The minimum absolute atomic E-state index is 0.373. The third kappa shape index (κ3) is 5.73. The maximum absolute atomic E-state index is 3.79. The van der Waals surface area contributed by atoms with E-state index in [2.05, 4.69) is 44.8 Å². The van der Waals surface area contributed by atoms with E-state index >= 15 is 0 Å². The highest BCUT2D eigenvalue weighted by Gasteiger charge is 2.35. The van der Waals surface area contributed by atoms with Gasteiger partial charge in [-0.3, -0.25) is 4.90 Å². The van der Waals surface area contributed by atoms with Gasteiger partial charge in [0, 0.05) is 24.7 Å². The van der Waals surface area contributed by atoms with Crippen LogP contribution in [0.15, 0.2) is 0 Å². The van der Waals surface area contributed by atoms with Crippen molar-refractivity contribution in [1.82, 2.24) is 10.2 Å². The van der Waals surface area contributed by atoms with Gasteiger partial charge >= 0.3 is 0 Å². The molecule has 1 rings (SSSR count). The van der Waals surface area contributed by atoms with E-state index in [1.807, 2.05) is 0 Å². The number of hydrogen-bond acceptors (Lipinski definition) is 2. The molecule has 20 heavy (non-hydrogen) atoms. The Balaban J connectivity index is 2.43. The number of piperazine rings is 1. The van der Waals surface area contributed by atoms with Crippen molar-refractivity contribution in [2.45, 2.75) is 91.1 Å². The molecule has 1 aliphatic heterocycles. The summed E-state index contributed by atoms with van der Waals surface area (Å²) in [5.41, 5.74) is 0.373. The number of nitrogens with one attached hydrogen (secondary N) is 1. The summed E-state index contributed by atoms with van der Waals surface area (Å²) in [4.78, 5) is 2.78. The Kier molecular flexibility index (Phi) is 8.13. The van der Waals surface area contributed by atoms with Gasteiger partial charge in [0.15, 0.2) is 0 Å². The van der Waals surface area contributed by atoms with Crippen molar-refractivity contribution in [2.75, 3.05) is 19.6 Å². The van der Waals surface area contributed by atoms with E-state index in [9.17, 15) is 0 Å². The van der Waals surface area contributed by atoms with E-state index in [0.29, 0.717) is 11.6 Å². The molecule has 2 heteroatoms. The molecule has 0 saturated carbocycles. The first kappa shape index (κ1) is 18.0. The first-order valence-electron chi connectivity index (χ1n) is 9.00. The van der Waals surface area contributed by atoms with Gasteiger partial charge in [0.2, 0.25) is 0 Å². The molecular formula is C18H38N2. The van der Waals surface area contributed by atoms with Crippen LogP contribution in [-0.4, -0.2) is 36.1 Å². The average molecular weight is 283 g/mol. The van der Waals surface area contributed by atoms with Crippen LogP contribution in [-0.2, 0) is 0 Å². The van der Waals surface area contributed by atoms with Gasteiger partial charge in [-0.25, -0.2) is 0 Å². The van der Waals surface area contributed by atoms with Crippen LogP contribution in [0.3, 0.4) is 0 Å². The van der Waals surface area contributed by atoms with Gasteiger partial charge in [-0.15, -0.1) is 0 Å². The fraction of sp³-hybridized carbons (Fsp3) is 1.00. The third-order valence-corrected chi connectivity index (χ3v) is 5.02. The minimum atomic E-state index is 0.373. The second-order valence-corrected chi connectivity index (χ2v) is 7.42. The maximum Gasteiger partial charge on any atom is 0.0303 e. The molecule has 2 atom stereocenters. The van der Waals surface area contributed by atoms with Crippen molar-refractivity contribution < 1.29 is 0 Å². The van der Waals surface area contributed by atoms with Crippen LogP contribution >= 0.6 is 0 Å². The number of rotatable bonds is 9. The molecule has 1 aliphatic rings. The van der Waals surface area contributed by atoms with Crippen molar-refractivity contribution in [3.63, 3.8) is 0 Å². The highest BCUT2D eigenvalue weighted by atomic mass is 15.3. The molecule has 0 bridgehead atoms. The summed E-state index contributed by atoms with van der Waals surface area (Å²) in [6.07, 6.45) is 9.52. The second-order valence-electron chi connectivity index (χ2n) is 7.42. The fourth-order valence-corrected chi connectivity index (χ4v) is 3.37. The zero-order chi connectivity index (χ0) is 15.0. The van der Waals surface area contributed by atoms with Crippen molar-refractivity contribution in [3.05, 3.63) is 0 Å². The Morgan fingerprint density at radius 3 is 2.45 bits per heavy atom. The predicted octanol–water partition coefficient (Wildman–Crippen LogP) is 4.45. The lowest BCUT2D eigenvalue weighted by Crippen LogP contribution is -2.63. The van der Waals surface area contributed by atoms with E-state index in [0.717, 1.165) is 12.5 Å². The quantitative estimate of drug-likeness (QED) is 0.629. The highest BCUT2D eigenvalue weighted by molar-refractivity contribution is 4.95. The van der Waals surface area contributed by atoms with Crippen molar-refractivity contribution in [3.8, 4) is 0 Å². The van der Waals surface area contributed by atoms with Gasteiger partial charge in [0.1, 0.15) is 0 Å². The standard InChI is InChI=1S/C18H38N2/c1-6-8-9-10-11-12-20-14-17(13-16(3)4)19-15-18(20,5)7-2/h16-17,19H,6-15H2,1-5H3. The van der Waals surface area contributed by atoms with Gasteiger partial charge in [-0.05, 0) is 38.6 Å². The average Bonchev–Trinajstić information content (AvgIpc) is 2.41. The van der Waals surface area contributed by atoms with E-state index in [4.69, 9.17) is 0 Å². The predicted molar refractivity (Wildman–Crippen MR) is 90.3 cm³/mol. The van der Waals surface area contributed by atoms with E-state index < -0.39 is 0 Å². The van der Waals surface area contributed by atoms with E-state index in [-0.39, 0.29) is 0 Å². The van der Waals surface area contributed by atoms with Crippen molar-refractivity contribution in [2.24, 2.45) is 5.92 Å². The minimum Gasteiger partial charge on any atom is -0.311 e. The largest absolute Gasteiger partial charge is 0.311 e. The summed E-state index contributed by atoms with van der Waals surface area (Å²) in [6, 6.07) is 0.699. The Morgan fingerprint density at radius 1 is 1.15 bits per heavy atom. The highest BCUT2D eigenvalue weighted by Crippen LogP contribution is 2.25. The summed E-state index contributed by atoms with van der Waals surface area (Å²) in [5, 5.41) is 3.79. The topological polar surface area (TPSA) is 15.3 Å². The summed E-state index contributed by atoms with van der Waals surface area (Å²) in [5.74, 6) is 0.796. The van der Waals surface area contributed by atoms with Crippen molar-refractivity contribution in [1.29, 1.82) is 0 Å². The molecule has 2 unspecified atom stereocenters. The molecule has 2 nitrogen and oxygen atoms in total. The van der Waals surface area contributed by atoms with Crippen molar-refractivity contribution >= 4 is 0 Å². The van der Waals surface area contributed by atoms with Crippen LogP contribution in [0.2, 0.25) is 0 Å². The lowest BCUT2D eigenvalue weighted by molar-refractivity contribution is 0.0428. The molecule has 0 radical (unpaired) electrons. The molecule has 1 N–H and O–H groups in total. The summed E-state index contributed by atoms with van der Waals surface area (Å²) in [6.45, 7) is 15.5. The Morgan fingerprint density at radius 2 is 1.85 bits per heavy atom. The van der Waals surface area contributed by atoms with Gasteiger partial charge in [-0.2, -0.15) is 0 Å². The van der Waals surface area contributed by atoms with Gasteiger partial charge in [0.25, 0.3) is 0 Å². The molecule has 0 amide bonds. The molecule has 0 aromatic heterocycles. The van der Waals surface area contributed by atoms with Gasteiger partial charge in [0.05, 0.1) is 0 Å². The second kappa shape index (κ2) is 9.04. The van der Waals surface area contributed by atoms with E-state index in [1.165, 1.54) is 58.0 Å². The number of hydrogen-bond donors (Lipinski definition) is 1. The lowest BCUT2D eigenvalue weighted by atomic mass is 9.89. The van der Waals surface area contributed by atoms with Crippen LogP contribution in [0.4, 0.5) is 0 Å². The molecule has 1 heterocycles. The SMILES string of the molecule is CCCCCCCN1CC(CC(C)C)NCC1(C)CC. The van der Waals surface area contributed by atoms with Crippen LogP contribution in [0.1, 0.15) is 79.6 Å². The Bertz CT molecular complexity index is 252. The smallest absolute Gasteiger partial charge is 0.0303 e. The monoisotopic (exact) mass is 282 g/mol. The molecular weight excluding hydrogens is 244 g/mol. The molecule has 0 aromatic carbocycles. The molecule has 120 valence electrons. The number of unbranched alkanes of at least 4 members (excludes halogenated alkanes) is 4. The summed E-state index contributed by atoms with van der Waals surface area (Å²) < 4.78 is 0. The zero-order valence-electron chi connectivity index (χ0n) is 14.7. The Labute approximate surface area is 127 Å². The molecule has 0 aromatic rings. The van der Waals surface area contributed by atoms with Crippen LogP contribution in [0, 0.1) is 5.92 Å². The van der Waals surface area contributed by atoms with E-state index in [1.54, 1.807) is 0 Å². The maximum atomic E-state index is 3.79. The number of nitrogens with zero attached hydrogens (tertiary/aromatic N) is 1. The van der Waals surface area contributed by atoms with Gasteiger partial charge in [-0.1, -0.05) is 53.4 Å². The van der Waals surface area contributed by atoms with Crippen LogP contribution < -0.4 is 5.32 Å². The summed E-state index contributed by atoms with van der Waals surface area (Å²) >= 11 is 0. The third-order valence-electron chi connectivity index (χ3n) is 5.02. The first-order chi connectivity index (χ1) is 9.51. The zero-order valence-corrected chi connectivity index (χ0v) is 14.7. The first-order valence-corrected chi connectivity index (χ1v) is 9.00. The fourth-order valence-electron chi connectivity index (χ4n) is 3.37. The van der Waals surface area contributed by atoms with Crippen LogP contribution in [0.25, 0.3) is 0 Å².